The maximum atomic E-state index is 11.8. The summed E-state index contributed by atoms with van der Waals surface area (Å²) in [6, 6.07) is 12.7. The molecule has 140 valence electrons. The first-order valence-electron chi connectivity index (χ1n) is 7.94. The largest absolute Gasteiger partial charge is 0.477 e. The van der Waals surface area contributed by atoms with E-state index in [1.165, 1.54) is 25.1 Å². The van der Waals surface area contributed by atoms with Crippen molar-refractivity contribution in [2.45, 2.75) is 13.8 Å². The number of carbonyl (C=O) groups excluding carboxylic acids is 2. The van der Waals surface area contributed by atoms with Gasteiger partial charge in [0.1, 0.15) is 0 Å². The Hall–Kier alpha value is -3.75. The summed E-state index contributed by atoms with van der Waals surface area (Å²) in [5.74, 6) is -0.715. The quantitative estimate of drug-likeness (QED) is 0.440. The van der Waals surface area contributed by atoms with Crippen LogP contribution in [0, 0.1) is 10.1 Å². The van der Waals surface area contributed by atoms with Crippen LogP contribution in [-0.4, -0.2) is 29.1 Å². The summed E-state index contributed by atoms with van der Waals surface area (Å²) in [6.45, 7) is 2.71. The van der Waals surface area contributed by atoms with E-state index in [4.69, 9.17) is 4.74 Å². The molecule has 0 bridgehead atoms. The fourth-order valence-corrected chi connectivity index (χ4v) is 2.11. The molecule has 9 heteroatoms. The van der Waals surface area contributed by atoms with Crippen LogP contribution in [0.5, 0.6) is 5.75 Å². The van der Waals surface area contributed by atoms with Crippen molar-refractivity contribution in [1.29, 1.82) is 0 Å². The maximum absolute atomic E-state index is 11.8. The number of anilines is 1. The molecule has 0 aliphatic rings. The van der Waals surface area contributed by atoms with E-state index in [1.807, 2.05) is 0 Å². The minimum absolute atomic E-state index is 0.00640. The molecule has 0 saturated heterocycles. The Morgan fingerprint density at radius 1 is 1.11 bits per heavy atom. The van der Waals surface area contributed by atoms with Gasteiger partial charge < -0.3 is 10.1 Å². The highest BCUT2D eigenvalue weighted by atomic mass is 16.6. The van der Waals surface area contributed by atoms with Crippen molar-refractivity contribution in [2.75, 3.05) is 11.9 Å². The molecule has 0 spiro atoms. The third-order valence-corrected chi connectivity index (χ3v) is 3.39. The second-order valence-corrected chi connectivity index (χ2v) is 5.50. The topological polar surface area (TPSA) is 123 Å². The zero-order chi connectivity index (χ0) is 19.8. The number of benzene rings is 2. The van der Waals surface area contributed by atoms with Crippen LogP contribution in [0.4, 0.5) is 11.4 Å². The van der Waals surface area contributed by atoms with Gasteiger partial charge in [0.05, 0.1) is 10.6 Å². The number of hydrogen-bond donors (Lipinski definition) is 2. The molecule has 9 nitrogen and oxygen atoms in total. The van der Waals surface area contributed by atoms with Crippen molar-refractivity contribution < 1.29 is 19.2 Å². The first kappa shape index (κ1) is 19.6. The van der Waals surface area contributed by atoms with Crippen LogP contribution in [-0.2, 0) is 9.59 Å². The number of para-hydroxylation sites is 2. The van der Waals surface area contributed by atoms with Crippen molar-refractivity contribution in [1.82, 2.24) is 5.43 Å². The SMILES string of the molecule is CC(=O)Nc1ccc(/C(C)=N/NC(=O)COc2ccccc2[N+](=O)[O-])cc1. The molecule has 0 atom stereocenters. The summed E-state index contributed by atoms with van der Waals surface area (Å²) in [6.07, 6.45) is 0. The number of rotatable bonds is 7. The van der Waals surface area contributed by atoms with E-state index < -0.39 is 17.4 Å². The van der Waals surface area contributed by atoms with Gasteiger partial charge in [-0.15, -0.1) is 0 Å². The van der Waals surface area contributed by atoms with Gasteiger partial charge in [0.2, 0.25) is 5.91 Å². The molecule has 2 aromatic carbocycles. The molecular weight excluding hydrogens is 352 g/mol. The number of nitrogens with one attached hydrogen (secondary N) is 2. The highest BCUT2D eigenvalue weighted by Crippen LogP contribution is 2.25. The zero-order valence-electron chi connectivity index (χ0n) is 14.8. The lowest BCUT2D eigenvalue weighted by Crippen LogP contribution is -2.25. The van der Waals surface area contributed by atoms with E-state index in [9.17, 15) is 19.7 Å². The standard InChI is InChI=1S/C18H18N4O5/c1-12(14-7-9-15(10-8-14)19-13(2)23)20-21-18(24)11-27-17-6-4-3-5-16(17)22(25)26/h3-10H,11H2,1-2H3,(H,19,23)(H,21,24)/b20-12+. The van der Waals surface area contributed by atoms with E-state index in [2.05, 4.69) is 15.8 Å². The molecule has 0 heterocycles. The Morgan fingerprint density at radius 2 is 1.78 bits per heavy atom. The van der Waals surface area contributed by atoms with Crippen molar-refractivity contribution in [3.05, 3.63) is 64.2 Å². The van der Waals surface area contributed by atoms with E-state index >= 15 is 0 Å². The van der Waals surface area contributed by atoms with Crippen LogP contribution in [0.3, 0.4) is 0 Å². The lowest BCUT2D eigenvalue weighted by atomic mass is 10.1. The molecule has 0 radical (unpaired) electrons. The molecule has 0 fully saturated rings. The number of nitro benzene ring substituents is 1. The summed E-state index contributed by atoms with van der Waals surface area (Å²) in [7, 11) is 0. The Morgan fingerprint density at radius 3 is 2.41 bits per heavy atom. The predicted molar refractivity (Wildman–Crippen MR) is 99.7 cm³/mol. The molecule has 27 heavy (non-hydrogen) atoms. The van der Waals surface area contributed by atoms with Crippen LogP contribution < -0.4 is 15.5 Å². The smallest absolute Gasteiger partial charge is 0.310 e. The van der Waals surface area contributed by atoms with E-state index in [0.717, 1.165) is 5.56 Å². The zero-order valence-corrected chi connectivity index (χ0v) is 14.8. The first-order valence-corrected chi connectivity index (χ1v) is 7.94. The van der Waals surface area contributed by atoms with Crippen LogP contribution in [0.2, 0.25) is 0 Å². The second-order valence-electron chi connectivity index (χ2n) is 5.50. The molecular formula is C18H18N4O5. The van der Waals surface area contributed by atoms with Gasteiger partial charge in [-0.2, -0.15) is 5.10 Å². The number of carbonyl (C=O) groups is 2. The van der Waals surface area contributed by atoms with E-state index in [1.54, 1.807) is 37.3 Å². The molecule has 0 aromatic heterocycles. The molecule has 2 aromatic rings. The summed E-state index contributed by atoms with van der Waals surface area (Å²) >= 11 is 0. The van der Waals surface area contributed by atoms with Gasteiger partial charge in [-0.1, -0.05) is 24.3 Å². The van der Waals surface area contributed by atoms with Crippen LogP contribution in [0.25, 0.3) is 0 Å². The van der Waals surface area contributed by atoms with Gasteiger partial charge in [-0.25, -0.2) is 5.43 Å². The van der Waals surface area contributed by atoms with Crippen molar-refractivity contribution >= 4 is 28.9 Å². The normalized spacial score (nSPS) is 10.8. The molecule has 0 saturated carbocycles. The molecule has 2 N–H and O–H groups in total. The van der Waals surface area contributed by atoms with Gasteiger partial charge >= 0.3 is 5.69 Å². The summed E-state index contributed by atoms with van der Waals surface area (Å²) in [4.78, 5) is 33.2. The highest BCUT2D eigenvalue weighted by molar-refractivity contribution is 6.00. The number of ether oxygens (including phenoxy) is 1. The Bertz CT molecular complexity index is 878. The molecule has 0 aliphatic heterocycles. The number of amides is 2. The molecule has 2 rings (SSSR count). The monoisotopic (exact) mass is 370 g/mol. The van der Waals surface area contributed by atoms with Crippen LogP contribution in [0.1, 0.15) is 19.4 Å². The fourth-order valence-electron chi connectivity index (χ4n) is 2.11. The summed E-state index contributed by atoms with van der Waals surface area (Å²) in [5, 5.41) is 17.5. The van der Waals surface area contributed by atoms with Crippen LogP contribution >= 0.6 is 0 Å². The van der Waals surface area contributed by atoms with Crippen LogP contribution in [0.15, 0.2) is 53.6 Å². The van der Waals surface area contributed by atoms with Crippen molar-refractivity contribution in [2.24, 2.45) is 5.10 Å². The predicted octanol–water partition coefficient (Wildman–Crippen LogP) is 2.47. The minimum atomic E-state index is -0.583. The number of hydrogen-bond acceptors (Lipinski definition) is 6. The number of nitro groups is 1. The molecule has 0 aliphatic carbocycles. The Balaban J connectivity index is 1.92. The van der Waals surface area contributed by atoms with Crippen molar-refractivity contribution in [3.8, 4) is 5.75 Å². The Kier molecular flexibility index (Phi) is 6.59. The van der Waals surface area contributed by atoms with Gasteiger partial charge in [0.25, 0.3) is 5.91 Å². The fraction of sp³-hybridized carbons (Fsp3) is 0.167. The van der Waals surface area contributed by atoms with Gasteiger partial charge in [0, 0.05) is 18.7 Å². The average molecular weight is 370 g/mol. The molecule has 2 amide bonds. The maximum Gasteiger partial charge on any atom is 0.310 e. The number of hydrazone groups is 1. The Labute approximate surface area is 155 Å². The summed E-state index contributed by atoms with van der Waals surface area (Å²) in [5.41, 5.74) is 4.07. The minimum Gasteiger partial charge on any atom is -0.477 e. The lowest BCUT2D eigenvalue weighted by Gasteiger charge is -2.07. The third-order valence-electron chi connectivity index (χ3n) is 3.39. The van der Waals surface area contributed by atoms with Gasteiger partial charge in [0.15, 0.2) is 12.4 Å². The van der Waals surface area contributed by atoms with Gasteiger partial charge in [-0.05, 0) is 30.7 Å². The second kappa shape index (κ2) is 9.09. The summed E-state index contributed by atoms with van der Waals surface area (Å²) < 4.78 is 5.19. The number of nitrogens with zero attached hydrogens (tertiary/aromatic N) is 2. The van der Waals surface area contributed by atoms with Crippen molar-refractivity contribution in [3.63, 3.8) is 0 Å². The first-order chi connectivity index (χ1) is 12.9. The van der Waals surface area contributed by atoms with E-state index in [0.29, 0.717) is 11.4 Å². The lowest BCUT2D eigenvalue weighted by molar-refractivity contribution is -0.385. The average Bonchev–Trinajstić information content (AvgIpc) is 2.64. The third kappa shape index (κ3) is 5.92. The molecule has 0 unspecified atom stereocenters. The van der Waals surface area contributed by atoms with E-state index in [-0.39, 0.29) is 17.3 Å². The highest BCUT2D eigenvalue weighted by Gasteiger charge is 2.14. The van der Waals surface area contributed by atoms with Gasteiger partial charge in [-0.3, -0.25) is 19.7 Å².